The molecule has 0 aliphatic carbocycles. The number of sulfonamides is 1. The van der Waals surface area contributed by atoms with Gasteiger partial charge in [0.25, 0.3) is 0 Å². The fourth-order valence-corrected chi connectivity index (χ4v) is 4.08. The van der Waals surface area contributed by atoms with E-state index in [4.69, 9.17) is 4.74 Å². The molecule has 0 spiro atoms. The number of carbonyl (C=O) groups is 1. The van der Waals surface area contributed by atoms with E-state index in [2.05, 4.69) is 5.32 Å². The minimum atomic E-state index is -3.71. The normalized spacial score (nSPS) is 15.5. The van der Waals surface area contributed by atoms with Crippen molar-refractivity contribution in [3.05, 3.63) is 24.3 Å². The van der Waals surface area contributed by atoms with Crippen LogP contribution < -0.4 is 10.1 Å². The molecule has 8 heteroatoms. The smallest absolute Gasteiger partial charge is 0.243 e. The Bertz CT molecular complexity index is 640. The Morgan fingerprint density at radius 1 is 1.25 bits per heavy atom. The van der Waals surface area contributed by atoms with E-state index >= 15 is 0 Å². The molecule has 0 radical (unpaired) electrons. The molecule has 0 bridgehead atoms. The predicted molar refractivity (Wildman–Crippen MR) is 91.5 cm³/mol. The van der Waals surface area contributed by atoms with Crippen molar-refractivity contribution >= 4 is 15.9 Å². The molecule has 0 aromatic heterocycles. The molecule has 24 heavy (non-hydrogen) atoms. The van der Waals surface area contributed by atoms with Gasteiger partial charge in [-0.25, -0.2) is 8.42 Å². The summed E-state index contributed by atoms with van der Waals surface area (Å²) in [6, 6.07) is 6.22. The molecular formula is C16H25N3O4S. The third-order valence-corrected chi connectivity index (χ3v) is 5.81. The molecule has 1 saturated heterocycles. The minimum absolute atomic E-state index is 0.123. The van der Waals surface area contributed by atoms with E-state index in [1.54, 1.807) is 17.0 Å². The molecule has 7 nitrogen and oxygen atoms in total. The Hall–Kier alpha value is -1.64. The number of hydrogen-bond acceptors (Lipinski definition) is 5. The molecular weight excluding hydrogens is 330 g/mol. The molecule has 2 rings (SSSR count). The number of carbonyl (C=O) groups excluding carboxylic acids is 1. The van der Waals surface area contributed by atoms with Gasteiger partial charge in [0.1, 0.15) is 5.75 Å². The van der Waals surface area contributed by atoms with Crippen molar-refractivity contribution in [3.63, 3.8) is 0 Å². The highest BCUT2D eigenvalue weighted by Gasteiger charge is 2.28. The van der Waals surface area contributed by atoms with E-state index in [0.717, 1.165) is 13.1 Å². The van der Waals surface area contributed by atoms with Crippen molar-refractivity contribution in [2.45, 2.75) is 18.2 Å². The lowest BCUT2D eigenvalue weighted by molar-refractivity contribution is -0.131. The van der Waals surface area contributed by atoms with Gasteiger partial charge in [-0.3, -0.25) is 4.79 Å². The first-order valence-electron chi connectivity index (χ1n) is 8.11. The molecule has 1 aromatic rings. The van der Waals surface area contributed by atoms with Gasteiger partial charge in [-0.1, -0.05) is 6.92 Å². The van der Waals surface area contributed by atoms with Crippen molar-refractivity contribution in [2.24, 2.45) is 0 Å². The van der Waals surface area contributed by atoms with Crippen molar-refractivity contribution in [1.29, 1.82) is 0 Å². The van der Waals surface area contributed by atoms with Gasteiger partial charge in [0.05, 0.1) is 18.6 Å². The largest absolute Gasteiger partial charge is 0.497 e. The first-order valence-corrected chi connectivity index (χ1v) is 9.55. The second-order valence-corrected chi connectivity index (χ2v) is 7.58. The number of methoxy groups -OCH3 is 1. The molecule has 1 aliphatic heterocycles. The van der Waals surface area contributed by atoms with Gasteiger partial charge in [-0.05, 0) is 30.7 Å². The summed E-state index contributed by atoms with van der Waals surface area (Å²) < 4.78 is 32.0. The molecule has 0 atom stereocenters. The maximum absolute atomic E-state index is 12.8. The molecule has 134 valence electrons. The molecule has 0 unspecified atom stereocenters. The number of benzene rings is 1. The number of ether oxygens (including phenoxy) is 1. The average molecular weight is 355 g/mol. The zero-order valence-electron chi connectivity index (χ0n) is 14.2. The summed E-state index contributed by atoms with van der Waals surface area (Å²) in [5.41, 5.74) is 0. The molecule has 1 fully saturated rings. The van der Waals surface area contributed by atoms with Crippen molar-refractivity contribution in [1.82, 2.24) is 14.5 Å². The average Bonchev–Trinajstić information content (AvgIpc) is 2.62. The van der Waals surface area contributed by atoms with Crippen molar-refractivity contribution < 1.29 is 17.9 Å². The van der Waals surface area contributed by atoms with Crippen LogP contribution in [0.15, 0.2) is 29.2 Å². The van der Waals surface area contributed by atoms with E-state index < -0.39 is 10.0 Å². The fraction of sp³-hybridized carbons (Fsp3) is 0.562. The lowest BCUT2D eigenvalue weighted by atomic mass is 10.3. The van der Waals surface area contributed by atoms with Gasteiger partial charge in [-0.15, -0.1) is 0 Å². The minimum Gasteiger partial charge on any atom is -0.497 e. The fourth-order valence-electron chi connectivity index (χ4n) is 2.60. The summed E-state index contributed by atoms with van der Waals surface area (Å²) in [5, 5.41) is 3.18. The monoisotopic (exact) mass is 355 g/mol. The summed E-state index contributed by atoms with van der Waals surface area (Å²) >= 11 is 0. The summed E-state index contributed by atoms with van der Waals surface area (Å²) in [6.07, 6.45) is 0.643. The van der Waals surface area contributed by atoms with Crippen LogP contribution in [0.4, 0.5) is 0 Å². The second kappa shape index (κ2) is 8.46. The van der Waals surface area contributed by atoms with Crippen LogP contribution in [0.5, 0.6) is 5.75 Å². The van der Waals surface area contributed by atoms with Crippen molar-refractivity contribution in [2.75, 3.05) is 46.4 Å². The third kappa shape index (κ3) is 4.46. The van der Waals surface area contributed by atoms with Crippen LogP contribution in [-0.2, 0) is 14.8 Å². The standard InChI is InChI=1S/C16H25N3O4S/c1-3-10-19(13-16(20)18-11-8-17-9-12-18)24(21,22)15-6-4-14(23-2)5-7-15/h4-7,17H,3,8-13H2,1-2H3. The highest BCUT2D eigenvalue weighted by molar-refractivity contribution is 7.89. The SMILES string of the molecule is CCCN(CC(=O)N1CCNCC1)S(=O)(=O)c1ccc(OC)cc1. The van der Waals surface area contributed by atoms with E-state index in [9.17, 15) is 13.2 Å². The van der Waals surface area contributed by atoms with E-state index in [0.29, 0.717) is 31.8 Å². The molecule has 1 aromatic carbocycles. The number of hydrogen-bond donors (Lipinski definition) is 1. The van der Waals surface area contributed by atoms with Crippen LogP contribution in [0, 0.1) is 0 Å². The summed E-state index contributed by atoms with van der Waals surface area (Å²) in [4.78, 5) is 14.3. The Kier molecular flexibility index (Phi) is 6.59. The first-order chi connectivity index (χ1) is 11.5. The first kappa shape index (κ1) is 18.7. The number of nitrogens with one attached hydrogen (secondary N) is 1. The number of amides is 1. The molecule has 0 saturated carbocycles. The Morgan fingerprint density at radius 3 is 2.42 bits per heavy atom. The van der Waals surface area contributed by atoms with Crippen LogP contribution in [0.25, 0.3) is 0 Å². The summed E-state index contributed by atoms with van der Waals surface area (Å²) in [7, 11) is -2.18. The highest BCUT2D eigenvalue weighted by atomic mass is 32.2. The van der Waals surface area contributed by atoms with Crippen LogP contribution in [0.1, 0.15) is 13.3 Å². The Morgan fingerprint density at radius 2 is 1.88 bits per heavy atom. The molecule has 1 N–H and O–H groups in total. The van der Waals surface area contributed by atoms with Crippen LogP contribution in [0.2, 0.25) is 0 Å². The number of piperazine rings is 1. The summed E-state index contributed by atoms with van der Waals surface area (Å²) in [6.45, 7) is 4.79. The van der Waals surface area contributed by atoms with Gasteiger partial charge < -0.3 is 15.0 Å². The van der Waals surface area contributed by atoms with Crippen molar-refractivity contribution in [3.8, 4) is 5.75 Å². The van der Waals surface area contributed by atoms with Gasteiger partial charge in [0.15, 0.2) is 0 Å². The third-order valence-electron chi connectivity index (χ3n) is 3.95. The lowest BCUT2D eigenvalue weighted by Gasteiger charge is -2.30. The van der Waals surface area contributed by atoms with Gasteiger partial charge in [0.2, 0.25) is 15.9 Å². The topological polar surface area (TPSA) is 79.0 Å². The molecule has 1 aliphatic rings. The van der Waals surface area contributed by atoms with Crippen LogP contribution >= 0.6 is 0 Å². The zero-order chi connectivity index (χ0) is 17.6. The van der Waals surface area contributed by atoms with Gasteiger partial charge in [0, 0.05) is 32.7 Å². The second-order valence-electron chi connectivity index (χ2n) is 5.64. The van der Waals surface area contributed by atoms with E-state index in [-0.39, 0.29) is 17.3 Å². The quantitative estimate of drug-likeness (QED) is 0.772. The van der Waals surface area contributed by atoms with E-state index in [1.165, 1.54) is 23.5 Å². The lowest BCUT2D eigenvalue weighted by Crippen LogP contribution is -2.50. The highest BCUT2D eigenvalue weighted by Crippen LogP contribution is 2.20. The predicted octanol–water partition coefficient (Wildman–Crippen LogP) is 0.528. The van der Waals surface area contributed by atoms with Crippen LogP contribution in [-0.4, -0.2) is 69.9 Å². The maximum atomic E-state index is 12.8. The number of nitrogens with zero attached hydrogens (tertiary/aromatic N) is 2. The Balaban J connectivity index is 2.15. The van der Waals surface area contributed by atoms with Crippen LogP contribution in [0.3, 0.4) is 0 Å². The molecule has 1 heterocycles. The van der Waals surface area contributed by atoms with E-state index in [1.807, 2.05) is 6.92 Å². The number of rotatable bonds is 7. The maximum Gasteiger partial charge on any atom is 0.243 e. The van der Waals surface area contributed by atoms with Gasteiger partial charge in [-0.2, -0.15) is 4.31 Å². The zero-order valence-corrected chi connectivity index (χ0v) is 15.0. The molecule has 1 amide bonds. The van der Waals surface area contributed by atoms with Gasteiger partial charge >= 0.3 is 0 Å². The summed E-state index contributed by atoms with van der Waals surface area (Å²) in [5.74, 6) is 0.440. The Labute approximate surface area is 143 Å².